The van der Waals surface area contributed by atoms with E-state index >= 15 is 0 Å². The summed E-state index contributed by atoms with van der Waals surface area (Å²) in [5.74, 6) is -0.337. The van der Waals surface area contributed by atoms with Crippen LogP contribution in [0.1, 0.15) is 22.8 Å². The zero-order valence-corrected chi connectivity index (χ0v) is 13.3. The molecule has 0 radical (unpaired) electrons. The highest BCUT2D eigenvalue weighted by Gasteiger charge is 2.17. The van der Waals surface area contributed by atoms with Crippen molar-refractivity contribution in [2.75, 3.05) is 18.5 Å². The number of hydrogen-bond acceptors (Lipinski definition) is 6. The van der Waals surface area contributed by atoms with Crippen LogP contribution in [-0.2, 0) is 6.42 Å². The second-order valence-corrected chi connectivity index (χ2v) is 5.54. The maximum atomic E-state index is 11.4. The van der Waals surface area contributed by atoms with Crippen LogP contribution in [-0.4, -0.2) is 33.9 Å². The second-order valence-electron chi connectivity index (χ2n) is 5.54. The lowest BCUT2D eigenvalue weighted by molar-refractivity contribution is -0.384. The Labute approximate surface area is 139 Å². The standard InChI is InChI=1S/C17H19N3O4/c1-12(22)15-4-5-16(17(8-15)20(23)24)19-10-14(11-21)7-13-3-2-6-18-9-13/h2-6,8-9,14,19,21H,7,10-11H2,1H3. The fraction of sp³-hybridized carbons (Fsp3) is 0.294. The summed E-state index contributed by atoms with van der Waals surface area (Å²) in [6.45, 7) is 1.68. The molecule has 0 saturated heterocycles. The number of pyridine rings is 1. The van der Waals surface area contributed by atoms with Gasteiger partial charge in [-0.2, -0.15) is 0 Å². The van der Waals surface area contributed by atoms with Crippen molar-refractivity contribution in [1.82, 2.24) is 4.98 Å². The molecule has 0 bridgehead atoms. The molecule has 0 amide bonds. The minimum absolute atomic E-state index is 0.0543. The molecule has 1 heterocycles. The van der Waals surface area contributed by atoms with Crippen molar-refractivity contribution in [1.29, 1.82) is 0 Å². The van der Waals surface area contributed by atoms with E-state index < -0.39 is 4.92 Å². The van der Waals surface area contributed by atoms with Crippen LogP contribution in [0.3, 0.4) is 0 Å². The van der Waals surface area contributed by atoms with Crippen molar-refractivity contribution in [3.05, 3.63) is 64.0 Å². The number of nitro benzene ring substituents is 1. The quantitative estimate of drug-likeness (QED) is 0.438. The molecule has 1 unspecified atom stereocenters. The van der Waals surface area contributed by atoms with Gasteiger partial charge in [0, 0.05) is 43.1 Å². The first-order valence-electron chi connectivity index (χ1n) is 7.54. The van der Waals surface area contributed by atoms with E-state index in [2.05, 4.69) is 10.3 Å². The third-order valence-corrected chi connectivity index (χ3v) is 3.69. The molecule has 24 heavy (non-hydrogen) atoms. The topological polar surface area (TPSA) is 105 Å². The molecule has 1 aromatic carbocycles. The van der Waals surface area contributed by atoms with E-state index in [1.165, 1.54) is 19.1 Å². The first-order chi connectivity index (χ1) is 11.5. The zero-order chi connectivity index (χ0) is 17.5. The second kappa shape index (κ2) is 8.16. The van der Waals surface area contributed by atoms with E-state index in [4.69, 9.17) is 0 Å². The van der Waals surface area contributed by atoms with Gasteiger partial charge in [0.25, 0.3) is 5.69 Å². The average Bonchev–Trinajstić information content (AvgIpc) is 2.59. The summed E-state index contributed by atoms with van der Waals surface area (Å²) in [5, 5.41) is 23.7. The summed E-state index contributed by atoms with van der Waals surface area (Å²) < 4.78 is 0. The number of Topliss-reactive ketones (excluding diaryl/α,β-unsaturated/α-hetero) is 1. The molecular weight excluding hydrogens is 310 g/mol. The van der Waals surface area contributed by atoms with Gasteiger partial charge in [0.1, 0.15) is 5.69 Å². The number of hydrogen-bond donors (Lipinski definition) is 2. The molecule has 126 valence electrons. The summed E-state index contributed by atoms with van der Waals surface area (Å²) in [5.41, 5.74) is 1.46. The van der Waals surface area contributed by atoms with Gasteiger partial charge >= 0.3 is 0 Å². The Morgan fingerprint density at radius 2 is 2.21 bits per heavy atom. The van der Waals surface area contributed by atoms with Crippen LogP contribution >= 0.6 is 0 Å². The molecule has 0 fully saturated rings. The number of nitro groups is 1. The Morgan fingerprint density at radius 1 is 1.42 bits per heavy atom. The smallest absolute Gasteiger partial charge is 0.293 e. The molecule has 0 saturated carbocycles. The largest absolute Gasteiger partial charge is 0.396 e. The summed E-state index contributed by atoms with van der Waals surface area (Å²) in [6.07, 6.45) is 4.01. The van der Waals surface area contributed by atoms with Gasteiger partial charge in [0.15, 0.2) is 5.78 Å². The number of ketones is 1. The molecule has 0 aliphatic rings. The van der Waals surface area contributed by atoms with E-state index in [0.717, 1.165) is 5.56 Å². The number of aliphatic hydroxyl groups is 1. The van der Waals surface area contributed by atoms with Crippen molar-refractivity contribution in [2.24, 2.45) is 5.92 Å². The number of benzene rings is 1. The van der Waals surface area contributed by atoms with Crippen molar-refractivity contribution in [3.8, 4) is 0 Å². The van der Waals surface area contributed by atoms with E-state index in [0.29, 0.717) is 24.2 Å². The number of aromatic nitrogens is 1. The van der Waals surface area contributed by atoms with E-state index in [1.807, 2.05) is 12.1 Å². The molecule has 1 aromatic heterocycles. The number of carbonyl (C=O) groups is 1. The Balaban J connectivity index is 2.09. The Hall–Kier alpha value is -2.80. The normalized spacial score (nSPS) is 11.8. The number of aliphatic hydroxyl groups excluding tert-OH is 1. The summed E-state index contributed by atoms with van der Waals surface area (Å²) in [7, 11) is 0. The first kappa shape index (κ1) is 17.6. The SMILES string of the molecule is CC(=O)c1ccc(NCC(CO)Cc2cccnc2)c([N+](=O)[O-])c1. The minimum Gasteiger partial charge on any atom is -0.396 e. The van der Waals surface area contributed by atoms with Crippen LogP contribution in [0.15, 0.2) is 42.7 Å². The third kappa shape index (κ3) is 4.60. The van der Waals surface area contributed by atoms with Crippen molar-refractivity contribution >= 4 is 17.2 Å². The molecule has 0 spiro atoms. The van der Waals surface area contributed by atoms with Crippen molar-refractivity contribution in [2.45, 2.75) is 13.3 Å². The molecule has 0 aliphatic heterocycles. The summed E-state index contributed by atoms with van der Waals surface area (Å²) in [6, 6.07) is 8.07. The molecule has 7 nitrogen and oxygen atoms in total. The predicted octanol–water partition coefficient (Wildman–Crippen LogP) is 2.46. The van der Waals surface area contributed by atoms with Crippen LogP contribution < -0.4 is 5.32 Å². The van der Waals surface area contributed by atoms with Gasteiger partial charge in [-0.25, -0.2) is 0 Å². The monoisotopic (exact) mass is 329 g/mol. The Kier molecular flexibility index (Phi) is 5.97. The molecule has 7 heteroatoms. The Bertz CT molecular complexity index is 719. The molecule has 2 aromatic rings. The van der Waals surface area contributed by atoms with Crippen molar-refractivity contribution in [3.63, 3.8) is 0 Å². The predicted molar refractivity (Wildman–Crippen MR) is 90.1 cm³/mol. The molecule has 2 rings (SSSR count). The van der Waals surface area contributed by atoms with Gasteiger partial charge in [-0.15, -0.1) is 0 Å². The maximum absolute atomic E-state index is 11.4. The highest BCUT2D eigenvalue weighted by molar-refractivity contribution is 5.95. The van der Waals surface area contributed by atoms with Crippen LogP contribution in [0.4, 0.5) is 11.4 Å². The summed E-state index contributed by atoms with van der Waals surface area (Å²) >= 11 is 0. The lowest BCUT2D eigenvalue weighted by atomic mass is 10.0. The summed E-state index contributed by atoms with van der Waals surface area (Å²) in [4.78, 5) is 26.1. The van der Waals surface area contributed by atoms with Crippen LogP contribution in [0.25, 0.3) is 0 Å². The lowest BCUT2D eigenvalue weighted by Crippen LogP contribution is -2.21. The number of carbonyl (C=O) groups excluding carboxylic acids is 1. The molecule has 1 atom stereocenters. The van der Waals surface area contributed by atoms with Gasteiger partial charge in [-0.3, -0.25) is 19.9 Å². The highest BCUT2D eigenvalue weighted by Crippen LogP contribution is 2.26. The number of nitrogens with zero attached hydrogens (tertiary/aromatic N) is 2. The highest BCUT2D eigenvalue weighted by atomic mass is 16.6. The molecule has 0 aliphatic carbocycles. The fourth-order valence-electron chi connectivity index (χ4n) is 2.36. The number of rotatable bonds is 8. The van der Waals surface area contributed by atoms with E-state index in [1.54, 1.807) is 18.5 Å². The van der Waals surface area contributed by atoms with Crippen LogP contribution in [0.5, 0.6) is 0 Å². The maximum Gasteiger partial charge on any atom is 0.293 e. The molecule has 2 N–H and O–H groups in total. The van der Waals surface area contributed by atoms with Gasteiger partial charge in [0.2, 0.25) is 0 Å². The van der Waals surface area contributed by atoms with Crippen LogP contribution in [0.2, 0.25) is 0 Å². The van der Waals surface area contributed by atoms with Crippen molar-refractivity contribution < 1.29 is 14.8 Å². The molecular formula is C17H19N3O4. The van der Waals surface area contributed by atoms with E-state index in [9.17, 15) is 20.0 Å². The first-order valence-corrected chi connectivity index (χ1v) is 7.54. The van der Waals surface area contributed by atoms with Gasteiger partial charge < -0.3 is 10.4 Å². The van der Waals surface area contributed by atoms with Gasteiger partial charge in [0.05, 0.1) is 4.92 Å². The van der Waals surface area contributed by atoms with Gasteiger partial charge in [-0.1, -0.05) is 6.07 Å². The van der Waals surface area contributed by atoms with Gasteiger partial charge in [-0.05, 0) is 37.1 Å². The average molecular weight is 329 g/mol. The van der Waals surface area contributed by atoms with E-state index in [-0.39, 0.29) is 24.0 Å². The fourth-order valence-corrected chi connectivity index (χ4v) is 2.36. The third-order valence-electron chi connectivity index (χ3n) is 3.69. The minimum atomic E-state index is -0.524. The Morgan fingerprint density at radius 3 is 2.79 bits per heavy atom. The van der Waals surface area contributed by atoms with Crippen LogP contribution in [0, 0.1) is 16.0 Å². The zero-order valence-electron chi connectivity index (χ0n) is 13.3. The number of nitrogens with one attached hydrogen (secondary N) is 1. The number of anilines is 1. The lowest BCUT2D eigenvalue weighted by Gasteiger charge is -2.16.